The fraction of sp³-hybridized carbons (Fsp3) is 0.308. The van der Waals surface area contributed by atoms with Gasteiger partial charge in [-0.25, -0.2) is 0 Å². The van der Waals surface area contributed by atoms with Crippen LogP contribution in [0.25, 0.3) is 0 Å². The lowest BCUT2D eigenvalue weighted by atomic mass is 10.3. The summed E-state index contributed by atoms with van der Waals surface area (Å²) in [6.07, 6.45) is 0. The minimum atomic E-state index is -0.452. The molecule has 0 spiro atoms. The first-order valence-corrected chi connectivity index (χ1v) is 6.91. The molecule has 0 amide bonds. The molecule has 0 saturated heterocycles. The number of benzene rings is 1. The van der Waals surface area contributed by atoms with Crippen molar-refractivity contribution in [3.63, 3.8) is 0 Å². The van der Waals surface area contributed by atoms with Crippen molar-refractivity contribution < 1.29 is 9.66 Å². The smallest absolute Gasteiger partial charge is 0.310 e. The first-order valence-electron chi connectivity index (χ1n) is 6.12. The van der Waals surface area contributed by atoms with Crippen molar-refractivity contribution in [3.05, 3.63) is 50.2 Å². The quantitative estimate of drug-likeness (QED) is 0.617. The number of aromatic nitrogens is 2. The minimum absolute atomic E-state index is 0.0390. The van der Waals surface area contributed by atoms with Crippen LogP contribution in [-0.2, 0) is 13.2 Å². The lowest BCUT2D eigenvalue weighted by Crippen LogP contribution is -2.07. The molecule has 0 aliphatic rings. The predicted octanol–water partition coefficient (Wildman–Crippen LogP) is 3.46. The minimum Gasteiger partial charge on any atom is -0.480 e. The van der Waals surface area contributed by atoms with Crippen molar-refractivity contribution in [3.8, 4) is 5.75 Å². The molecular weight excluding hydrogens is 326 g/mol. The summed E-state index contributed by atoms with van der Waals surface area (Å²) in [5.74, 6) is 0.255. The van der Waals surface area contributed by atoms with Crippen LogP contribution in [0.2, 0.25) is 0 Å². The second-order valence-electron chi connectivity index (χ2n) is 4.18. The Morgan fingerprint density at radius 2 is 2.15 bits per heavy atom. The number of hydrogen-bond donors (Lipinski definition) is 0. The molecule has 0 saturated carbocycles. The van der Waals surface area contributed by atoms with E-state index < -0.39 is 4.92 Å². The van der Waals surface area contributed by atoms with Crippen LogP contribution in [0.5, 0.6) is 5.75 Å². The van der Waals surface area contributed by atoms with Gasteiger partial charge in [-0.05, 0) is 35.8 Å². The third kappa shape index (κ3) is 2.82. The van der Waals surface area contributed by atoms with Gasteiger partial charge in [0.25, 0.3) is 0 Å². The summed E-state index contributed by atoms with van der Waals surface area (Å²) in [5.41, 5.74) is 1.69. The molecule has 0 fully saturated rings. The van der Waals surface area contributed by atoms with Gasteiger partial charge in [-0.2, -0.15) is 5.10 Å². The van der Waals surface area contributed by atoms with Crippen LogP contribution in [0.4, 0.5) is 5.69 Å². The zero-order valence-corrected chi connectivity index (χ0v) is 12.8. The number of para-hydroxylation sites is 2. The van der Waals surface area contributed by atoms with E-state index in [0.717, 1.165) is 15.9 Å². The number of ether oxygens (including phenoxy) is 1. The number of hydrogen-bond acceptors (Lipinski definition) is 4. The highest BCUT2D eigenvalue weighted by Gasteiger charge is 2.17. The average molecular weight is 340 g/mol. The van der Waals surface area contributed by atoms with Crippen LogP contribution in [0.1, 0.15) is 18.3 Å². The van der Waals surface area contributed by atoms with Crippen LogP contribution in [0, 0.1) is 17.0 Å². The molecular formula is C13H14BrN3O3. The Morgan fingerprint density at radius 3 is 2.80 bits per heavy atom. The van der Waals surface area contributed by atoms with E-state index in [1.807, 2.05) is 18.5 Å². The summed E-state index contributed by atoms with van der Waals surface area (Å²) in [5, 5.41) is 15.3. The topological polar surface area (TPSA) is 70.2 Å². The molecule has 0 aliphatic carbocycles. The van der Waals surface area contributed by atoms with Gasteiger partial charge in [0.15, 0.2) is 5.75 Å². The SMILES string of the molecule is CCn1nc(C)c(Br)c1COc1ccccc1[N+](=O)[O-]. The second kappa shape index (κ2) is 6.04. The Morgan fingerprint density at radius 1 is 1.45 bits per heavy atom. The third-order valence-electron chi connectivity index (χ3n) is 2.88. The van der Waals surface area contributed by atoms with Gasteiger partial charge in [0, 0.05) is 12.6 Å². The highest BCUT2D eigenvalue weighted by atomic mass is 79.9. The van der Waals surface area contributed by atoms with Gasteiger partial charge >= 0.3 is 5.69 Å². The van der Waals surface area contributed by atoms with Gasteiger partial charge in [-0.1, -0.05) is 12.1 Å². The van der Waals surface area contributed by atoms with Crippen LogP contribution in [-0.4, -0.2) is 14.7 Å². The standard InChI is InChI=1S/C13H14BrN3O3/c1-3-16-11(13(14)9(2)15-16)8-20-12-7-5-4-6-10(12)17(18)19/h4-7H,3,8H2,1-2H3. The Kier molecular flexibility index (Phi) is 4.39. The van der Waals surface area contributed by atoms with Crippen LogP contribution >= 0.6 is 15.9 Å². The number of nitrogens with zero attached hydrogens (tertiary/aromatic N) is 3. The second-order valence-corrected chi connectivity index (χ2v) is 4.97. The highest BCUT2D eigenvalue weighted by Crippen LogP contribution is 2.28. The number of aryl methyl sites for hydroxylation is 2. The Hall–Kier alpha value is -1.89. The van der Waals surface area contributed by atoms with Gasteiger partial charge in [0.1, 0.15) is 6.61 Å². The molecule has 1 aromatic carbocycles. The fourth-order valence-corrected chi connectivity index (χ4v) is 2.28. The van der Waals surface area contributed by atoms with Gasteiger partial charge in [0.2, 0.25) is 0 Å². The van der Waals surface area contributed by atoms with E-state index in [9.17, 15) is 10.1 Å². The van der Waals surface area contributed by atoms with Crippen molar-refractivity contribution in [1.29, 1.82) is 0 Å². The largest absolute Gasteiger partial charge is 0.480 e. The molecule has 1 heterocycles. The first-order chi connectivity index (χ1) is 9.54. The predicted molar refractivity (Wildman–Crippen MR) is 77.8 cm³/mol. The average Bonchev–Trinajstić information content (AvgIpc) is 2.72. The van der Waals surface area contributed by atoms with Gasteiger partial charge in [-0.15, -0.1) is 0 Å². The lowest BCUT2D eigenvalue weighted by molar-refractivity contribution is -0.385. The molecule has 20 heavy (non-hydrogen) atoms. The van der Waals surface area contributed by atoms with Crippen LogP contribution in [0.15, 0.2) is 28.7 Å². The van der Waals surface area contributed by atoms with E-state index in [4.69, 9.17) is 4.74 Å². The third-order valence-corrected chi connectivity index (χ3v) is 3.91. The molecule has 0 unspecified atom stereocenters. The lowest BCUT2D eigenvalue weighted by Gasteiger charge is -2.08. The van der Waals surface area contributed by atoms with Crippen molar-refractivity contribution >= 4 is 21.6 Å². The van der Waals surface area contributed by atoms with Gasteiger partial charge in [-0.3, -0.25) is 14.8 Å². The van der Waals surface area contributed by atoms with E-state index in [0.29, 0.717) is 6.54 Å². The molecule has 0 bridgehead atoms. The fourth-order valence-electron chi connectivity index (χ4n) is 1.88. The van der Waals surface area contributed by atoms with E-state index in [1.54, 1.807) is 18.2 Å². The Balaban J connectivity index is 2.23. The zero-order chi connectivity index (χ0) is 14.7. The highest BCUT2D eigenvalue weighted by molar-refractivity contribution is 9.10. The summed E-state index contributed by atoms with van der Waals surface area (Å²) in [6.45, 7) is 4.81. The van der Waals surface area contributed by atoms with E-state index >= 15 is 0 Å². The van der Waals surface area contributed by atoms with Crippen molar-refractivity contribution in [1.82, 2.24) is 9.78 Å². The maximum absolute atomic E-state index is 10.9. The number of halogens is 1. The molecule has 6 nitrogen and oxygen atoms in total. The maximum Gasteiger partial charge on any atom is 0.310 e. The Labute approximate surface area is 124 Å². The van der Waals surface area contributed by atoms with Crippen molar-refractivity contribution in [2.45, 2.75) is 27.0 Å². The van der Waals surface area contributed by atoms with Crippen molar-refractivity contribution in [2.24, 2.45) is 0 Å². The molecule has 7 heteroatoms. The summed E-state index contributed by atoms with van der Waals surface area (Å²) in [6, 6.07) is 6.33. The van der Waals surface area contributed by atoms with Gasteiger partial charge < -0.3 is 4.74 Å². The van der Waals surface area contributed by atoms with Gasteiger partial charge in [0.05, 0.1) is 20.8 Å². The van der Waals surface area contributed by atoms with Crippen molar-refractivity contribution in [2.75, 3.05) is 0 Å². The molecule has 0 N–H and O–H groups in total. The summed E-state index contributed by atoms with van der Waals surface area (Å²) < 4.78 is 8.28. The zero-order valence-electron chi connectivity index (χ0n) is 11.2. The molecule has 0 atom stereocenters. The molecule has 0 aliphatic heterocycles. The number of nitro groups is 1. The summed E-state index contributed by atoms with van der Waals surface area (Å²) >= 11 is 3.47. The number of nitro benzene ring substituents is 1. The first kappa shape index (κ1) is 14.5. The monoisotopic (exact) mass is 339 g/mol. The summed E-state index contributed by atoms with van der Waals surface area (Å²) in [7, 11) is 0. The number of rotatable bonds is 5. The maximum atomic E-state index is 10.9. The molecule has 1 aromatic heterocycles. The Bertz CT molecular complexity index is 640. The summed E-state index contributed by atoms with van der Waals surface area (Å²) in [4.78, 5) is 10.5. The van der Waals surface area contributed by atoms with Crippen LogP contribution < -0.4 is 4.74 Å². The van der Waals surface area contributed by atoms with Crippen LogP contribution in [0.3, 0.4) is 0 Å². The molecule has 106 valence electrons. The molecule has 0 radical (unpaired) electrons. The molecule has 2 aromatic rings. The van der Waals surface area contributed by atoms with E-state index in [1.165, 1.54) is 6.07 Å². The molecule has 2 rings (SSSR count). The van der Waals surface area contributed by atoms with E-state index in [-0.39, 0.29) is 18.0 Å². The van der Waals surface area contributed by atoms with E-state index in [2.05, 4.69) is 21.0 Å². The normalized spacial score (nSPS) is 10.6.